The zero-order valence-electron chi connectivity index (χ0n) is 18.9. The van der Waals surface area contributed by atoms with Crippen molar-refractivity contribution >= 4 is 46.6 Å². The Balaban J connectivity index is 1.46. The summed E-state index contributed by atoms with van der Waals surface area (Å²) in [5.41, 5.74) is 0.0889. The van der Waals surface area contributed by atoms with E-state index in [4.69, 9.17) is 25.8 Å². The SMILES string of the molecule is COC(=O)C12Cc3cc(Cl)ccc3C1=NN(C(=O)Nc1cc3c(cc1F)OC(C)C(=O)N3C)CO2. The predicted molar refractivity (Wildman–Crippen MR) is 123 cm³/mol. The van der Waals surface area contributed by atoms with Gasteiger partial charge in [0.15, 0.2) is 11.9 Å². The molecule has 1 N–H and O–H groups in total. The zero-order chi connectivity index (χ0) is 25.1. The lowest BCUT2D eigenvalue weighted by atomic mass is 9.97. The average Bonchev–Trinajstić information content (AvgIpc) is 3.16. The van der Waals surface area contributed by atoms with Crippen LogP contribution in [0.4, 0.5) is 20.6 Å². The van der Waals surface area contributed by atoms with Crippen LogP contribution in [0.25, 0.3) is 0 Å². The molecule has 3 amide bonds. The van der Waals surface area contributed by atoms with Gasteiger partial charge in [-0.15, -0.1) is 0 Å². The van der Waals surface area contributed by atoms with Gasteiger partial charge in [-0.05, 0) is 30.7 Å². The first kappa shape index (κ1) is 23.1. The van der Waals surface area contributed by atoms with Crippen molar-refractivity contribution in [2.24, 2.45) is 5.10 Å². The number of halogens is 2. The van der Waals surface area contributed by atoms with E-state index in [1.165, 1.54) is 25.1 Å². The number of hydrogen-bond donors (Lipinski definition) is 1. The molecular formula is C23H20ClFN4O6. The largest absolute Gasteiger partial charge is 0.479 e. The number of rotatable bonds is 2. The number of carbonyl (C=O) groups is 3. The van der Waals surface area contributed by atoms with Gasteiger partial charge in [-0.2, -0.15) is 10.1 Å². The third kappa shape index (κ3) is 3.58. The van der Waals surface area contributed by atoms with Gasteiger partial charge in [-0.25, -0.2) is 14.0 Å². The monoisotopic (exact) mass is 502 g/mol. The molecule has 0 bridgehead atoms. The number of carbonyl (C=O) groups excluding carboxylic acids is 3. The molecule has 0 saturated heterocycles. The number of ether oxygens (including phenoxy) is 3. The second kappa shape index (κ2) is 8.21. The summed E-state index contributed by atoms with van der Waals surface area (Å²) in [5, 5.41) is 8.21. The first-order valence-corrected chi connectivity index (χ1v) is 11.0. The van der Waals surface area contributed by atoms with Gasteiger partial charge < -0.3 is 24.4 Å². The lowest BCUT2D eigenvalue weighted by molar-refractivity contribution is -0.165. The molecule has 2 aliphatic heterocycles. The number of hydrogen-bond acceptors (Lipinski definition) is 7. The van der Waals surface area contributed by atoms with Crippen LogP contribution in [-0.2, 0) is 25.5 Å². The minimum absolute atomic E-state index is 0.141. The molecule has 182 valence electrons. The van der Waals surface area contributed by atoms with Crippen LogP contribution >= 0.6 is 11.6 Å². The second-order valence-electron chi connectivity index (χ2n) is 8.31. The molecule has 1 aliphatic carbocycles. The Morgan fingerprint density at radius 1 is 1.31 bits per heavy atom. The van der Waals surface area contributed by atoms with Gasteiger partial charge in [0.1, 0.15) is 18.2 Å². The molecule has 10 nitrogen and oxygen atoms in total. The number of benzene rings is 2. The van der Waals surface area contributed by atoms with Crippen LogP contribution < -0.4 is 15.0 Å². The fraction of sp³-hybridized carbons (Fsp3) is 0.304. The first-order valence-electron chi connectivity index (χ1n) is 10.6. The summed E-state index contributed by atoms with van der Waals surface area (Å²) in [7, 11) is 2.77. The predicted octanol–water partition coefficient (Wildman–Crippen LogP) is 2.92. The van der Waals surface area contributed by atoms with Gasteiger partial charge in [0.2, 0.25) is 5.60 Å². The molecule has 12 heteroatoms. The summed E-state index contributed by atoms with van der Waals surface area (Å²) in [5.74, 6) is -1.55. The molecule has 2 aromatic carbocycles. The Labute approximate surface area is 204 Å². The molecule has 0 saturated carbocycles. The van der Waals surface area contributed by atoms with Crippen molar-refractivity contribution in [3.8, 4) is 5.75 Å². The Morgan fingerprint density at radius 2 is 2.09 bits per heavy atom. The van der Waals surface area contributed by atoms with E-state index < -0.39 is 36.3 Å². The molecule has 0 fully saturated rings. The Morgan fingerprint density at radius 3 is 2.83 bits per heavy atom. The lowest BCUT2D eigenvalue weighted by Crippen LogP contribution is -2.55. The number of esters is 1. The highest BCUT2D eigenvalue weighted by Crippen LogP contribution is 2.40. The maximum Gasteiger partial charge on any atom is 0.345 e. The third-order valence-corrected chi connectivity index (χ3v) is 6.42. The van der Waals surface area contributed by atoms with Crippen LogP contribution in [0.15, 0.2) is 35.4 Å². The molecule has 2 atom stereocenters. The number of likely N-dealkylation sites (N-methyl/N-ethyl adjacent to an activating group) is 1. The van der Waals surface area contributed by atoms with Gasteiger partial charge in [-0.1, -0.05) is 17.7 Å². The number of anilines is 2. The van der Waals surface area contributed by atoms with E-state index in [9.17, 15) is 18.8 Å². The Kier molecular flexibility index (Phi) is 5.41. The van der Waals surface area contributed by atoms with E-state index in [-0.39, 0.29) is 29.5 Å². The summed E-state index contributed by atoms with van der Waals surface area (Å²) in [6, 6.07) is 6.61. The van der Waals surface area contributed by atoms with Crippen molar-refractivity contribution in [3.63, 3.8) is 0 Å². The van der Waals surface area contributed by atoms with Crippen molar-refractivity contribution in [3.05, 3.63) is 52.3 Å². The summed E-state index contributed by atoms with van der Waals surface area (Å²) in [6.45, 7) is 1.17. The summed E-state index contributed by atoms with van der Waals surface area (Å²) in [4.78, 5) is 39.2. The van der Waals surface area contributed by atoms with Gasteiger partial charge in [-0.3, -0.25) is 4.79 Å². The maximum absolute atomic E-state index is 14.8. The second-order valence-corrected chi connectivity index (χ2v) is 8.74. The van der Waals surface area contributed by atoms with Crippen LogP contribution in [0.3, 0.4) is 0 Å². The minimum Gasteiger partial charge on any atom is -0.479 e. The molecule has 3 aliphatic rings. The van der Waals surface area contributed by atoms with E-state index in [1.54, 1.807) is 25.1 Å². The van der Waals surface area contributed by atoms with Crippen LogP contribution in [0.5, 0.6) is 5.75 Å². The van der Waals surface area contributed by atoms with E-state index in [0.717, 1.165) is 11.1 Å². The maximum atomic E-state index is 14.8. The van der Waals surface area contributed by atoms with Crippen LogP contribution in [0.2, 0.25) is 5.02 Å². The van der Waals surface area contributed by atoms with Crippen molar-refractivity contribution in [1.29, 1.82) is 0 Å². The molecule has 0 spiro atoms. The van der Waals surface area contributed by atoms with E-state index >= 15 is 0 Å². The molecule has 2 aromatic rings. The highest BCUT2D eigenvalue weighted by atomic mass is 35.5. The Bertz CT molecular complexity index is 1320. The Hall–Kier alpha value is -3.70. The number of fused-ring (bicyclic) bond motifs is 4. The van der Waals surface area contributed by atoms with Crippen molar-refractivity contribution in [2.75, 3.05) is 31.1 Å². The quantitative estimate of drug-likeness (QED) is 0.632. The number of methoxy groups -OCH3 is 1. The minimum atomic E-state index is -1.52. The summed E-state index contributed by atoms with van der Waals surface area (Å²) < 4.78 is 31.0. The number of hydrazone groups is 1. The fourth-order valence-corrected chi connectivity index (χ4v) is 4.58. The molecule has 35 heavy (non-hydrogen) atoms. The number of urea groups is 1. The average molecular weight is 503 g/mol. The van der Waals surface area contributed by atoms with Crippen molar-refractivity contribution < 1.29 is 33.0 Å². The molecular weight excluding hydrogens is 483 g/mol. The third-order valence-electron chi connectivity index (χ3n) is 6.18. The number of amides is 3. The summed E-state index contributed by atoms with van der Waals surface area (Å²) in [6.07, 6.45) is -0.616. The highest BCUT2D eigenvalue weighted by Gasteiger charge is 2.55. The van der Waals surface area contributed by atoms with E-state index in [1.807, 2.05) is 0 Å². The highest BCUT2D eigenvalue weighted by molar-refractivity contribution is 6.31. The molecule has 2 heterocycles. The standard InChI is InChI=1S/C23H20ClFN4O6/c1-11-20(30)28(2)17-8-16(15(25)7-18(17)35-11)26-22(32)29-10-34-23(21(31)33-3)9-12-6-13(24)4-5-14(12)19(23)27-29/h4-8,11H,9-10H2,1-3H3,(H,26,32). The van der Waals surface area contributed by atoms with E-state index in [0.29, 0.717) is 21.8 Å². The fourth-order valence-electron chi connectivity index (χ4n) is 4.39. The van der Waals surface area contributed by atoms with Crippen LogP contribution in [-0.4, -0.2) is 61.2 Å². The van der Waals surface area contributed by atoms with Crippen LogP contribution in [0, 0.1) is 5.82 Å². The van der Waals surface area contributed by atoms with Gasteiger partial charge in [0, 0.05) is 30.1 Å². The van der Waals surface area contributed by atoms with Gasteiger partial charge >= 0.3 is 12.0 Å². The molecule has 5 rings (SSSR count). The lowest BCUT2D eigenvalue weighted by Gasteiger charge is -2.34. The molecule has 2 unspecified atom stereocenters. The van der Waals surface area contributed by atoms with E-state index in [2.05, 4.69) is 10.4 Å². The topological polar surface area (TPSA) is 110 Å². The number of nitrogens with zero attached hydrogens (tertiary/aromatic N) is 3. The van der Waals surface area contributed by atoms with Gasteiger partial charge in [0.05, 0.1) is 18.5 Å². The zero-order valence-corrected chi connectivity index (χ0v) is 19.7. The molecule has 0 radical (unpaired) electrons. The van der Waals surface area contributed by atoms with Crippen molar-refractivity contribution in [1.82, 2.24) is 5.01 Å². The van der Waals surface area contributed by atoms with Crippen molar-refractivity contribution in [2.45, 2.75) is 25.0 Å². The first-order chi connectivity index (χ1) is 16.6. The molecule has 0 aromatic heterocycles. The summed E-state index contributed by atoms with van der Waals surface area (Å²) >= 11 is 6.10. The van der Waals surface area contributed by atoms with Crippen LogP contribution in [0.1, 0.15) is 18.1 Å². The normalized spacial score (nSPS) is 22.5. The number of nitrogens with one attached hydrogen (secondary N) is 1. The smallest absolute Gasteiger partial charge is 0.345 e. The van der Waals surface area contributed by atoms with Gasteiger partial charge in [0.25, 0.3) is 5.91 Å².